The fourth-order valence-electron chi connectivity index (χ4n) is 12.8. The van der Waals surface area contributed by atoms with Crippen LogP contribution in [0.1, 0.15) is 133 Å². The molecule has 0 spiro atoms. The largest absolute Gasteiger partial charge is 0.297 e. The molecule has 0 N–H and O–H groups in total. The molecule has 6 fully saturated rings. The van der Waals surface area contributed by atoms with Crippen LogP contribution in [0.15, 0.2) is 0 Å². The Balaban J connectivity index is 1.33. The van der Waals surface area contributed by atoms with Crippen LogP contribution in [-0.2, 0) is 0 Å². The van der Waals surface area contributed by atoms with Gasteiger partial charge in [0.05, 0.1) is 0 Å². The van der Waals surface area contributed by atoms with Gasteiger partial charge in [-0.25, -0.2) is 0 Å². The predicted octanol–water partition coefficient (Wildman–Crippen LogP) is 9.70. The van der Waals surface area contributed by atoms with Crippen molar-refractivity contribution >= 4 is 0 Å². The number of hydrogen-bond acceptors (Lipinski definition) is 1. The standard InChI is InChI=1S/C36H63N/c1-22-10-11-31-36(8,9)21-28-30(37(31)17-14-22)19-24(3)32-27-20-35(6,7)29-13-16-34(4,5)15-12-25(29)26(27)18-23(2)33(28)32/h22-33H,10-21H2,1-9H3. The summed E-state index contributed by atoms with van der Waals surface area (Å²) in [5.41, 5.74) is 1.58. The van der Waals surface area contributed by atoms with E-state index in [0.29, 0.717) is 16.2 Å². The van der Waals surface area contributed by atoms with E-state index in [1.54, 1.807) is 6.42 Å². The molecular weight excluding hydrogens is 446 g/mol. The summed E-state index contributed by atoms with van der Waals surface area (Å²) in [6, 6.07) is 1.71. The van der Waals surface area contributed by atoms with Gasteiger partial charge in [-0.15, -0.1) is 0 Å². The zero-order valence-corrected chi connectivity index (χ0v) is 26.4. The van der Waals surface area contributed by atoms with Crippen LogP contribution in [0.5, 0.6) is 0 Å². The lowest BCUT2D eigenvalue weighted by Gasteiger charge is -2.66. The average molecular weight is 510 g/mol. The summed E-state index contributed by atoms with van der Waals surface area (Å²) in [6.07, 6.45) is 16.4. The minimum absolute atomic E-state index is 0.483. The maximum atomic E-state index is 3.14. The minimum atomic E-state index is 0.483. The maximum Gasteiger partial charge on any atom is 0.0150 e. The summed E-state index contributed by atoms with van der Waals surface area (Å²) in [7, 11) is 0. The topological polar surface area (TPSA) is 3.24 Å². The molecule has 0 aromatic carbocycles. The average Bonchev–Trinajstić information content (AvgIpc) is 3.09. The molecule has 12 unspecified atom stereocenters. The molecule has 212 valence electrons. The molecule has 0 radical (unpaired) electrons. The SMILES string of the molecule is CC1CCC2N(CC1)C1CC(C)C3C4CC(C)(C)C5CCC(C)(C)CCC5C4CC(C)C3C1CC2(C)C. The molecule has 12 atom stereocenters. The first-order valence-electron chi connectivity index (χ1n) is 17.0. The van der Waals surface area contributed by atoms with Crippen molar-refractivity contribution in [3.63, 3.8) is 0 Å². The second-order valence-corrected chi connectivity index (χ2v) is 18.3. The molecule has 0 amide bonds. The van der Waals surface area contributed by atoms with E-state index in [0.717, 1.165) is 71.3 Å². The van der Waals surface area contributed by atoms with Crippen LogP contribution in [-0.4, -0.2) is 23.5 Å². The summed E-state index contributed by atoms with van der Waals surface area (Å²) < 4.78 is 0. The molecule has 0 aromatic heterocycles. The zero-order chi connectivity index (χ0) is 26.5. The van der Waals surface area contributed by atoms with Crippen molar-refractivity contribution in [3.05, 3.63) is 0 Å². The van der Waals surface area contributed by atoms with Crippen LogP contribution >= 0.6 is 0 Å². The number of piperidine rings is 1. The third-order valence-electron chi connectivity index (χ3n) is 14.5. The highest BCUT2D eigenvalue weighted by Crippen LogP contribution is 2.67. The first-order valence-corrected chi connectivity index (χ1v) is 17.0. The Labute approximate surface area is 231 Å². The van der Waals surface area contributed by atoms with Gasteiger partial charge in [0, 0.05) is 12.1 Å². The Morgan fingerprint density at radius 3 is 2.00 bits per heavy atom. The van der Waals surface area contributed by atoms with Crippen molar-refractivity contribution < 1.29 is 0 Å². The Bertz CT molecular complexity index is 838. The lowest BCUT2D eigenvalue weighted by atomic mass is 9.42. The van der Waals surface area contributed by atoms with Gasteiger partial charge >= 0.3 is 0 Å². The van der Waals surface area contributed by atoms with Gasteiger partial charge in [0.1, 0.15) is 0 Å². The number of fused-ring (bicyclic) bond motifs is 9. The molecule has 4 aliphatic carbocycles. The normalized spacial score (nSPS) is 52.8. The van der Waals surface area contributed by atoms with Gasteiger partial charge in [0.2, 0.25) is 0 Å². The summed E-state index contributed by atoms with van der Waals surface area (Å²) in [5, 5.41) is 0. The Hall–Kier alpha value is -0.0400. The fraction of sp³-hybridized carbons (Fsp3) is 1.00. The van der Waals surface area contributed by atoms with Gasteiger partial charge < -0.3 is 0 Å². The maximum absolute atomic E-state index is 3.14. The highest BCUT2D eigenvalue weighted by molar-refractivity contribution is 5.12. The first kappa shape index (κ1) is 27.1. The minimum Gasteiger partial charge on any atom is -0.297 e. The van der Waals surface area contributed by atoms with E-state index >= 15 is 0 Å². The van der Waals surface area contributed by atoms with Gasteiger partial charge in [-0.3, -0.25) is 4.90 Å². The Morgan fingerprint density at radius 2 is 1.24 bits per heavy atom. The van der Waals surface area contributed by atoms with Crippen molar-refractivity contribution in [2.45, 2.75) is 145 Å². The third kappa shape index (κ3) is 4.50. The van der Waals surface area contributed by atoms with E-state index in [1.165, 1.54) is 70.8 Å². The monoisotopic (exact) mass is 509 g/mol. The van der Waals surface area contributed by atoms with Crippen LogP contribution in [0.2, 0.25) is 0 Å². The second kappa shape index (κ2) is 9.24. The molecule has 6 rings (SSSR count). The summed E-state index contributed by atoms with van der Waals surface area (Å²) in [4.78, 5) is 3.14. The first-order chi connectivity index (χ1) is 17.3. The molecule has 2 saturated heterocycles. The van der Waals surface area contributed by atoms with Crippen molar-refractivity contribution in [1.82, 2.24) is 4.90 Å². The van der Waals surface area contributed by atoms with Crippen LogP contribution in [0.4, 0.5) is 0 Å². The number of hydrogen-bond donors (Lipinski definition) is 0. The second-order valence-electron chi connectivity index (χ2n) is 18.3. The van der Waals surface area contributed by atoms with Gasteiger partial charge in [-0.2, -0.15) is 0 Å². The predicted molar refractivity (Wildman–Crippen MR) is 158 cm³/mol. The van der Waals surface area contributed by atoms with Gasteiger partial charge in [0.15, 0.2) is 0 Å². The quantitative estimate of drug-likeness (QED) is 0.314. The summed E-state index contributed by atoms with van der Waals surface area (Å²) in [6.45, 7) is 25.3. The molecule has 4 saturated carbocycles. The zero-order valence-electron chi connectivity index (χ0n) is 26.4. The molecule has 1 heteroatoms. The lowest BCUT2D eigenvalue weighted by molar-refractivity contribution is -0.176. The van der Waals surface area contributed by atoms with E-state index in [2.05, 4.69) is 67.2 Å². The molecule has 0 aromatic rings. The van der Waals surface area contributed by atoms with E-state index < -0.39 is 0 Å². The number of nitrogens with zero attached hydrogens (tertiary/aromatic N) is 1. The summed E-state index contributed by atoms with van der Waals surface area (Å²) >= 11 is 0. The van der Waals surface area contributed by atoms with E-state index in [9.17, 15) is 0 Å². The Morgan fingerprint density at radius 1 is 0.595 bits per heavy atom. The van der Waals surface area contributed by atoms with Crippen LogP contribution < -0.4 is 0 Å². The van der Waals surface area contributed by atoms with Crippen molar-refractivity contribution in [1.29, 1.82) is 0 Å². The third-order valence-corrected chi connectivity index (χ3v) is 14.5. The molecule has 1 nitrogen and oxygen atoms in total. The van der Waals surface area contributed by atoms with Crippen LogP contribution in [0.3, 0.4) is 0 Å². The van der Waals surface area contributed by atoms with Gasteiger partial charge in [-0.1, -0.05) is 62.3 Å². The molecule has 6 aliphatic rings. The molecule has 2 aliphatic heterocycles. The van der Waals surface area contributed by atoms with Crippen LogP contribution in [0, 0.1) is 75.4 Å². The fourth-order valence-corrected chi connectivity index (χ4v) is 12.8. The molecule has 37 heavy (non-hydrogen) atoms. The van der Waals surface area contributed by atoms with Gasteiger partial charge in [-0.05, 0) is 153 Å². The highest BCUT2D eigenvalue weighted by atomic mass is 15.2. The van der Waals surface area contributed by atoms with Crippen LogP contribution in [0.25, 0.3) is 0 Å². The van der Waals surface area contributed by atoms with Gasteiger partial charge in [0.25, 0.3) is 0 Å². The molecular formula is C36H63N. The van der Waals surface area contributed by atoms with E-state index in [-0.39, 0.29) is 0 Å². The molecule has 0 bridgehead atoms. The Kier molecular flexibility index (Phi) is 6.78. The van der Waals surface area contributed by atoms with Crippen molar-refractivity contribution in [2.24, 2.45) is 75.4 Å². The highest BCUT2D eigenvalue weighted by Gasteiger charge is 2.61. The lowest BCUT2D eigenvalue weighted by Crippen LogP contribution is -2.65. The summed E-state index contributed by atoms with van der Waals surface area (Å²) in [5.74, 6) is 9.68. The van der Waals surface area contributed by atoms with Crippen molar-refractivity contribution in [2.75, 3.05) is 6.54 Å². The smallest absolute Gasteiger partial charge is 0.0150 e. The number of rotatable bonds is 0. The molecule has 2 heterocycles. The van der Waals surface area contributed by atoms with E-state index in [1.807, 2.05) is 0 Å². The van der Waals surface area contributed by atoms with E-state index in [4.69, 9.17) is 0 Å². The van der Waals surface area contributed by atoms with Crippen molar-refractivity contribution in [3.8, 4) is 0 Å².